The van der Waals surface area contributed by atoms with Gasteiger partial charge in [-0.3, -0.25) is 4.68 Å². The zero-order valence-electron chi connectivity index (χ0n) is 15.9. The fourth-order valence-corrected chi connectivity index (χ4v) is 2.62. The van der Waals surface area contributed by atoms with E-state index in [-0.39, 0.29) is 24.3 Å². The number of carbonyl (C=O) groups is 1. The number of anilines is 1. The standard InChI is InChI=1S/C19H27FN4O3/c1-14(2)11-23(13-18(25)15-4-6-16(20)7-5-15)19(26)22-17-10-21-24(12-17)8-9-27-3/h4-7,10,12,14,18,25H,8-9,11,13H2,1-3H3,(H,22,26)/t18-/m0/s1. The first-order valence-corrected chi connectivity index (χ1v) is 8.90. The molecule has 0 unspecified atom stereocenters. The van der Waals surface area contributed by atoms with Crippen LogP contribution in [0.1, 0.15) is 25.5 Å². The first kappa shape index (κ1) is 20.9. The number of hydrogen-bond acceptors (Lipinski definition) is 4. The second-order valence-corrected chi connectivity index (χ2v) is 6.78. The smallest absolute Gasteiger partial charge is 0.322 e. The van der Waals surface area contributed by atoms with Crippen molar-refractivity contribution in [2.75, 3.05) is 32.1 Å². The van der Waals surface area contributed by atoms with Gasteiger partial charge >= 0.3 is 6.03 Å². The van der Waals surface area contributed by atoms with E-state index in [1.165, 1.54) is 24.3 Å². The zero-order chi connectivity index (χ0) is 19.8. The minimum absolute atomic E-state index is 0.105. The minimum Gasteiger partial charge on any atom is -0.387 e. The van der Waals surface area contributed by atoms with Crippen LogP contribution < -0.4 is 5.32 Å². The van der Waals surface area contributed by atoms with Crippen LogP contribution >= 0.6 is 0 Å². The molecule has 2 N–H and O–H groups in total. The van der Waals surface area contributed by atoms with Crippen molar-refractivity contribution in [1.82, 2.24) is 14.7 Å². The van der Waals surface area contributed by atoms with E-state index in [1.807, 2.05) is 13.8 Å². The fraction of sp³-hybridized carbons (Fsp3) is 0.474. The number of halogens is 1. The van der Waals surface area contributed by atoms with Gasteiger partial charge in [-0.05, 0) is 23.6 Å². The van der Waals surface area contributed by atoms with Crippen LogP contribution in [0.15, 0.2) is 36.7 Å². The number of nitrogens with zero attached hydrogens (tertiary/aromatic N) is 3. The van der Waals surface area contributed by atoms with Gasteiger partial charge in [-0.2, -0.15) is 5.10 Å². The zero-order valence-corrected chi connectivity index (χ0v) is 15.9. The van der Waals surface area contributed by atoms with E-state index in [0.29, 0.717) is 30.9 Å². The number of methoxy groups -OCH3 is 1. The number of amides is 2. The van der Waals surface area contributed by atoms with E-state index >= 15 is 0 Å². The van der Waals surface area contributed by atoms with E-state index in [0.717, 1.165) is 0 Å². The molecule has 0 aliphatic heterocycles. The molecule has 27 heavy (non-hydrogen) atoms. The molecule has 2 amide bonds. The third kappa shape index (κ3) is 6.65. The Morgan fingerprint density at radius 1 is 1.33 bits per heavy atom. The van der Waals surface area contributed by atoms with Crippen molar-refractivity contribution in [1.29, 1.82) is 0 Å². The Bertz CT molecular complexity index is 718. The highest BCUT2D eigenvalue weighted by molar-refractivity contribution is 5.89. The number of carbonyl (C=O) groups excluding carboxylic acids is 1. The SMILES string of the molecule is COCCn1cc(NC(=O)N(CC(C)C)C[C@H](O)c2ccc(F)cc2)cn1. The van der Waals surface area contributed by atoms with Gasteiger partial charge in [-0.25, -0.2) is 9.18 Å². The largest absolute Gasteiger partial charge is 0.387 e. The summed E-state index contributed by atoms with van der Waals surface area (Å²) >= 11 is 0. The number of aromatic nitrogens is 2. The summed E-state index contributed by atoms with van der Waals surface area (Å²) in [4.78, 5) is 14.2. The Hall–Kier alpha value is -2.45. The Labute approximate surface area is 158 Å². The molecule has 0 aliphatic rings. The molecule has 2 rings (SSSR count). The third-order valence-corrected chi connectivity index (χ3v) is 3.93. The summed E-state index contributed by atoms with van der Waals surface area (Å²) in [7, 11) is 1.61. The van der Waals surface area contributed by atoms with Crippen LogP contribution in [0.5, 0.6) is 0 Å². The van der Waals surface area contributed by atoms with Gasteiger partial charge in [-0.1, -0.05) is 26.0 Å². The summed E-state index contributed by atoms with van der Waals surface area (Å²) in [5.74, 6) is -0.145. The highest BCUT2D eigenvalue weighted by atomic mass is 19.1. The average molecular weight is 378 g/mol. The molecule has 0 aliphatic carbocycles. The lowest BCUT2D eigenvalue weighted by Crippen LogP contribution is -2.40. The highest BCUT2D eigenvalue weighted by Gasteiger charge is 2.20. The lowest BCUT2D eigenvalue weighted by atomic mass is 10.1. The van der Waals surface area contributed by atoms with Crippen LogP contribution in [0.25, 0.3) is 0 Å². The quantitative estimate of drug-likeness (QED) is 0.703. The number of benzene rings is 1. The van der Waals surface area contributed by atoms with Gasteiger partial charge in [0, 0.05) is 19.9 Å². The summed E-state index contributed by atoms with van der Waals surface area (Å²) in [6.07, 6.45) is 2.39. The second-order valence-electron chi connectivity index (χ2n) is 6.78. The maximum absolute atomic E-state index is 13.1. The van der Waals surface area contributed by atoms with Gasteiger partial charge in [-0.15, -0.1) is 0 Å². The van der Waals surface area contributed by atoms with Gasteiger partial charge in [0.15, 0.2) is 0 Å². The van der Waals surface area contributed by atoms with E-state index in [1.54, 1.807) is 29.1 Å². The summed E-state index contributed by atoms with van der Waals surface area (Å²) in [5.41, 5.74) is 1.13. The number of aliphatic hydroxyl groups is 1. The van der Waals surface area contributed by atoms with E-state index in [9.17, 15) is 14.3 Å². The summed E-state index contributed by atoms with van der Waals surface area (Å²) in [6.45, 7) is 5.68. The van der Waals surface area contributed by atoms with Crippen LogP contribution in [-0.4, -0.2) is 52.6 Å². The summed E-state index contributed by atoms with van der Waals surface area (Å²) < 4.78 is 19.7. The Kier molecular flexibility index (Phi) is 7.75. The van der Waals surface area contributed by atoms with Crippen LogP contribution in [0.2, 0.25) is 0 Å². The molecule has 0 fully saturated rings. The first-order valence-electron chi connectivity index (χ1n) is 8.90. The lowest BCUT2D eigenvalue weighted by molar-refractivity contribution is 0.121. The van der Waals surface area contributed by atoms with Crippen LogP contribution in [-0.2, 0) is 11.3 Å². The van der Waals surface area contributed by atoms with E-state index < -0.39 is 6.10 Å². The molecule has 0 radical (unpaired) electrons. The summed E-state index contributed by atoms with van der Waals surface area (Å²) in [6, 6.07) is 5.30. The number of urea groups is 1. The topological polar surface area (TPSA) is 79.6 Å². The Morgan fingerprint density at radius 2 is 2.04 bits per heavy atom. The molecular formula is C19H27FN4O3. The number of hydrogen-bond donors (Lipinski definition) is 2. The molecule has 0 spiro atoms. The lowest BCUT2D eigenvalue weighted by Gasteiger charge is -2.27. The van der Waals surface area contributed by atoms with Crippen molar-refractivity contribution in [2.45, 2.75) is 26.5 Å². The predicted molar refractivity (Wildman–Crippen MR) is 101 cm³/mol. The summed E-state index contributed by atoms with van der Waals surface area (Å²) in [5, 5.41) is 17.4. The molecule has 0 bridgehead atoms. The number of nitrogens with one attached hydrogen (secondary N) is 1. The molecule has 1 heterocycles. The first-order chi connectivity index (χ1) is 12.9. The molecule has 8 heteroatoms. The molecule has 1 aromatic carbocycles. The van der Waals surface area contributed by atoms with Crippen molar-refractivity contribution >= 4 is 11.7 Å². The molecule has 1 atom stereocenters. The second kappa shape index (κ2) is 10.0. The van der Waals surface area contributed by atoms with Gasteiger partial charge in [0.05, 0.1) is 37.7 Å². The minimum atomic E-state index is -0.903. The monoisotopic (exact) mass is 378 g/mol. The van der Waals surface area contributed by atoms with Crippen molar-refractivity contribution in [3.05, 3.63) is 48.0 Å². The molecule has 2 aromatic rings. The molecule has 0 saturated heterocycles. The highest BCUT2D eigenvalue weighted by Crippen LogP contribution is 2.17. The van der Waals surface area contributed by atoms with Crippen molar-refractivity contribution < 1.29 is 19.0 Å². The predicted octanol–water partition coefficient (Wildman–Crippen LogP) is 2.89. The van der Waals surface area contributed by atoms with E-state index in [2.05, 4.69) is 10.4 Å². The number of aliphatic hydroxyl groups excluding tert-OH is 1. The maximum Gasteiger partial charge on any atom is 0.322 e. The van der Waals surface area contributed by atoms with Gasteiger partial charge in [0.25, 0.3) is 0 Å². The maximum atomic E-state index is 13.1. The Morgan fingerprint density at radius 3 is 2.67 bits per heavy atom. The van der Waals surface area contributed by atoms with E-state index in [4.69, 9.17) is 4.74 Å². The van der Waals surface area contributed by atoms with Crippen LogP contribution in [0.4, 0.5) is 14.9 Å². The molecule has 1 aromatic heterocycles. The van der Waals surface area contributed by atoms with Gasteiger partial charge in [0.1, 0.15) is 5.82 Å². The molecular weight excluding hydrogens is 351 g/mol. The van der Waals surface area contributed by atoms with Crippen molar-refractivity contribution in [3.63, 3.8) is 0 Å². The van der Waals surface area contributed by atoms with Crippen molar-refractivity contribution in [2.24, 2.45) is 5.92 Å². The normalized spacial score (nSPS) is 12.2. The van der Waals surface area contributed by atoms with Gasteiger partial charge in [0.2, 0.25) is 0 Å². The molecule has 148 valence electrons. The van der Waals surface area contributed by atoms with Crippen LogP contribution in [0.3, 0.4) is 0 Å². The Balaban J connectivity index is 2.02. The van der Waals surface area contributed by atoms with Crippen LogP contribution in [0, 0.1) is 11.7 Å². The number of ether oxygens (including phenoxy) is 1. The number of rotatable bonds is 9. The molecule has 7 nitrogen and oxygen atoms in total. The molecule has 0 saturated carbocycles. The fourth-order valence-electron chi connectivity index (χ4n) is 2.62. The van der Waals surface area contributed by atoms with Crippen molar-refractivity contribution in [3.8, 4) is 0 Å². The third-order valence-electron chi connectivity index (χ3n) is 3.93. The van der Waals surface area contributed by atoms with Gasteiger partial charge < -0.3 is 20.1 Å². The average Bonchev–Trinajstić information content (AvgIpc) is 3.06.